The second kappa shape index (κ2) is 9.45. The van der Waals surface area contributed by atoms with Crippen LogP contribution in [0.2, 0.25) is 0 Å². The SMILES string of the molecule is Cc1nn(-c2ccc(Nc3ccc(NC(=O)c4ccc(OC(F)(F)F)cc4)cc3)nn2)c(C)c1C. The molecule has 0 unspecified atom stereocenters. The smallest absolute Gasteiger partial charge is 0.406 e. The minimum Gasteiger partial charge on any atom is -0.406 e. The molecule has 2 aromatic carbocycles. The molecule has 0 radical (unpaired) electrons. The van der Waals surface area contributed by atoms with E-state index in [1.165, 1.54) is 12.1 Å². The quantitative estimate of drug-likeness (QED) is 0.378. The summed E-state index contributed by atoms with van der Waals surface area (Å²) in [5.41, 5.74) is 4.47. The van der Waals surface area contributed by atoms with Crippen LogP contribution in [-0.4, -0.2) is 32.2 Å². The molecular weight excluding hydrogens is 461 g/mol. The highest BCUT2D eigenvalue weighted by Crippen LogP contribution is 2.24. The zero-order valence-corrected chi connectivity index (χ0v) is 19.0. The van der Waals surface area contributed by atoms with Crippen LogP contribution in [0.5, 0.6) is 5.75 Å². The Balaban J connectivity index is 1.36. The highest BCUT2D eigenvalue weighted by atomic mass is 19.4. The average Bonchev–Trinajstić information content (AvgIpc) is 3.07. The Labute approximate surface area is 198 Å². The fourth-order valence-electron chi connectivity index (χ4n) is 3.24. The molecule has 0 bridgehead atoms. The summed E-state index contributed by atoms with van der Waals surface area (Å²) in [4.78, 5) is 12.4. The molecule has 2 N–H and O–H groups in total. The first kappa shape index (κ1) is 23.7. The highest BCUT2D eigenvalue weighted by molar-refractivity contribution is 6.04. The van der Waals surface area contributed by atoms with Gasteiger partial charge in [-0.2, -0.15) is 5.10 Å². The average molecular weight is 482 g/mol. The maximum Gasteiger partial charge on any atom is 0.573 e. The molecular formula is C24H21F3N6O2. The number of aromatic nitrogens is 4. The number of rotatable bonds is 6. The molecule has 4 rings (SSSR count). The summed E-state index contributed by atoms with van der Waals surface area (Å²) >= 11 is 0. The fraction of sp³-hybridized carbons (Fsp3) is 0.167. The number of benzene rings is 2. The molecule has 1 amide bonds. The first-order valence-corrected chi connectivity index (χ1v) is 10.5. The lowest BCUT2D eigenvalue weighted by molar-refractivity contribution is -0.274. The van der Waals surface area contributed by atoms with Crippen molar-refractivity contribution in [2.75, 3.05) is 10.6 Å². The molecule has 4 aromatic rings. The Hall–Kier alpha value is -4.41. The van der Waals surface area contributed by atoms with Crippen molar-refractivity contribution in [1.82, 2.24) is 20.0 Å². The summed E-state index contributed by atoms with van der Waals surface area (Å²) < 4.78 is 42.3. The molecule has 0 saturated heterocycles. The number of carbonyl (C=O) groups excluding carboxylic acids is 1. The number of aryl methyl sites for hydroxylation is 1. The third-order valence-corrected chi connectivity index (χ3v) is 5.29. The van der Waals surface area contributed by atoms with Crippen LogP contribution in [0.4, 0.5) is 30.4 Å². The van der Waals surface area contributed by atoms with Crippen LogP contribution in [-0.2, 0) is 0 Å². The lowest BCUT2D eigenvalue weighted by Crippen LogP contribution is -2.17. The van der Waals surface area contributed by atoms with Gasteiger partial charge in [0.25, 0.3) is 5.91 Å². The van der Waals surface area contributed by atoms with E-state index in [9.17, 15) is 18.0 Å². The van der Waals surface area contributed by atoms with E-state index in [-0.39, 0.29) is 5.56 Å². The number of hydrogen-bond donors (Lipinski definition) is 2. The Morgan fingerprint density at radius 3 is 2.09 bits per heavy atom. The third-order valence-electron chi connectivity index (χ3n) is 5.29. The topological polar surface area (TPSA) is 94.0 Å². The van der Waals surface area contributed by atoms with E-state index in [1.54, 1.807) is 35.0 Å². The summed E-state index contributed by atoms with van der Waals surface area (Å²) in [5.74, 6) is 0.279. The van der Waals surface area contributed by atoms with Gasteiger partial charge < -0.3 is 15.4 Å². The van der Waals surface area contributed by atoms with Gasteiger partial charge in [0.05, 0.1) is 5.69 Å². The summed E-state index contributed by atoms with van der Waals surface area (Å²) in [6.45, 7) is 5.92. The van der Waals surface area contributed by atoms with Gasteiger partial charge in [-0.3, -0.25) is 4.79 Å². The number of alkyl halides is 3. The minimum atomic E-state index is -4.79. The van der Waals surface area contributed by atoms with Crippen molar-refractivity contribution in [3.8, 4) is 11.6 Å². The Kier molecular flexibility index (Phi) is 6.41. The van der Waals surface area contributed by atoms with E-state index < -0.39 is 18.0 Å². The molecule has 0 spiro atoms. The van der Waals surface area contributed by atoms with Gasteiger partial charge >= 0.3 is 6.36 Å². The number of carbonyl (C=O) groups is 1. The summed E-state index contributed by atoms with van der Waals surface area (Å²) in [6.07, 6.45) is -4.79. The zero-order valence-electron chi connectivity index (χ0n) is 19.0. The van der Waals surface area contributed by atoms with Crippen LogP contribution >= 0.6 is 0 Å². The van der Waals surface area contributed by atoms with Crippen molar-refractivity contribution in [3.05, 3.63) is 83.2 Å². The number of hydrogen-bond acceptors (Lipinski definition) is 6. The largest absolute Gasteiger partial charge is 0.573 e. The summed E-state index contributed by atoms with van der Waals surface area (Å²) in [7, 11) is 0. The Morgan fingerprint density at radius 1 is 0.886 bits per heavy atom. The molecule has 8 nitrogen and oxygen atoms in total. The lowest BCUT2D eigenvalue weighted by Gasteiger charge is -2.10. The van der Waals surface area contributed by atoms with E-state index >= 15 is 0 Å². The van der Waals surface area contributed by atoms with Crippen LogP contribution in [0, 0.1) is 20.8 Å². The standard InChI is InChI=1S/C24H21F3N6O2/c1-14-15(2)32-33(16(14)3)22-13-12-21(30-31-22)28-18-6-8-19(9-7-18)29-23(34)17-4-10-20(11-5-17)35-24(25,26)27/h4-13H,1-3H3,(H,28,30)(H,29,34). The van der Waals surface area contributed by atoms with Crippen LogP contribution in [0.25, 0.3) is 5.82 Å². The number of nitrogens with zero attached hydrogens (tertiary/aromatic N) is 4. The number of nitrogens with one attached hydrogen (secondary N) is 2. The van der Waals surface area contributed by atoms with E-state index in [0.717, 1.165) is 34.8 Å². The number of ether oxygens (including phenoxy) is 1. The van der Waals surface area contributed by atoms with Gasteiger partial charge in [-0.05, 0) is 87.0 Å². The summed E-state index contributed by atoms with van der Waals surface area (Å²) in [6, 6.07) is 15.1. The molecule has 0 aliphatic rings. The van der Waals surface area contributed by atoms with Crippen LogP contribution in [0.3, 0.4) is 0 Å². The van der Waals surface area contributed by atoms with Crippen molar-refractivity contribution < 1.29 is 22.7 Å². The van der Waals surface area contributed by atoms with Crippen molar-refractivity contribution in [2.24, 2.45) is 0 Å². The maximum atomic E-state index is 12.4. The second-order valence-corrected chi connectivity index (χ2v) is 7.71. The normalized spacial score (nSPS) is 11.3. The molecule has 0 atom stereocenters. The second-order valence-electron chi connectivity index (χ2n) is 7.71. The number of amides is 1. The predicted octanol–water partition coefficient (Wildman–Crippen LogP) is 5.48. The predicted molar refractivity (Wildman–Crippen MR) is 124 cm³/mol. The van der Waals surface area contributed by atoms with E-state index in [2.05, 4.69) is 30.7 Å². The van der Waals surface area contributed by atoms with Crippen LogP contribution in [0.15, 0.2) is 60.7 Å². The minimum absolute atomic E-state index is 0.190. The molecule has 2 heterocycles. The fourth-order valence-corrected chi connectivity index (χ4v) is 3.24. The maximum absolute atomic E-state index is 12.4. The molecule has 0 aliphatic heterocycles. The molecule has 0 saturated carbocycles. The van der Waals surface area contributed by atoms with Crippen molar-refractivity contribution in [1.29, 1.82) is 0 Å². The van der Waals surface area contributed by atoms with Gasteiger partial charge in [0.2, 0.25) is 0 Å². The molecule has 0 aliphatic carbocycles. The monoisotopic (exact) mass is 482 g/mol. The molecule has 35 heavy (non-hydrogen) atoms. The van der Waals surface area contributed by atoms with Crippen LogP contribution < -0.4 is 15.4 Å². The molecule has 11 heteroatoms. The Bertz CT molecular complexity index is 1330. The van der Waals surface area contributed by atoms with Gasteiger partial charge in [-0.1, -0.05) is 0 Å². The van der Waals surface area contributed by atoms with E-state index in [0.29, 0.717) is 17.3 Å². The highest BCUT2D eigenvalue weighted by Gasteiger charge is 2.31. The van der Waals surface area contributed by atoms with Gasteiger partial charge in [0.15, 0.2) is 11.6 Å². The van der Waals surface area contributed by atoms with E-state index in [4.69, 9.17) is 0 Å². The first-order chi connectivity index (χ1) is 16.6. The van der Waals surface area contributed by atoms with Gasteiger partial charge in [-0.25, -0.2) is 4.68 Å². The zero-order chi connectivity index (χ0) is 25.2. The molecule has 2 aromatic heterocycles. The van der Waals surface area contributed by atoms with E-state index in [1.807, 2.05) is 26.8 Å². The Morgan fingerprint density at radius 2 is 1.54 bits per heavy atom. The molecule has 180 valence electrons. The van der Waals surface area contributed by atoms with Gasteiger partial charge in [-0.15, -0.1) is 23.4 Å². The first-order valence-electron chi connectivity index (χ1n) is 10.5. The third kappa shape index (κ3) is 5.75. The number of anilines is 3. The van der Waals surface area contributed by atoms with Crippen molar-refractivity contribution >= 4 is 23.1 Å². The number of halogens is 3. The van der Waals surface area contributed by atoms with Crippen molar-refractivity contribution in [3.63, 3.8) is 0 Å². The van der Waals surface area contributed by atoms with Crippen molar-refractivity contribution in [2.45, 2.75) is 27.1 Å². The lowest BCUT2D eigenvalue weighted by atomic mass is 10.2. The summed E-state index contributed by atoms with van der Waals surface area (Å²) in [5, 5.41) is 18.7. The van der Waals surface area contributed by atoms with Crippen LogP contribution in [0.1, 0.15) is 27.3 Å². The molecule has 0 fully saturated rings. The van der Waals surface area contributed by atoms with Gasteiger partial charge in [0, 0.05) is 22.6 Å². The van der Waals surface area contributed by atoms with Gasteiger partial charge in [0.1, 0.15) is 5.75 Å².